The zero-order valence-corrected chi connectivity index (χ0v) is 13.4. The molecule has 0 unspecified atom stereocenters. The monoisotopic (exact) mass is 362 g/mol. The van der Waals surface area contributed by atoms with E-state index in [0.29, 0.717) is 11.3 Å². The summed E-state index contributed by atoms with van der Waals surface area (Å²) in [5.41, 5.74) is 6.61. The highest BCUT2D eigenvalue weighted by molar-refractivity contribution is 9.10. The van der Waals surface area contributed by atoms with Gasteiger partial charge in [-0.05, 0) is 41.4 Å². The van der Waals surface area contributed by atoms with Crippen LogP contribution in [0.2, 0.25) is 0 Å². The Kier molecular flexibility index (Phi) is 3.79. The summed E-state index contributed by atoms with van der Waals surface area (Å²) in [6.45, 7) is 3.37. The molecule has 0 aliphatic rings. The lowest BCUT2D eigenvalue weighted by atomic mass is 10.3. The number of hydrogen-bond donors (Lipinski definition) is 2. The van der Waals surface area contributed by atoms with Gasteiger partial charge in [0.05, 0.1) is 5.69 Å². The first-order valence-corrected chi connectivity index (χ1v) is 8.27. The third-order valence-corrected chi connectivity index (χ3v) is 5.66. The number of thiazole rings is 1. The zero-order chi connectivity index (χ0) is 14.2. The normalized spacial score (nSPS) is 11.5. The summed E-state index contributed by atoms with van der Waals surface area (Å²) in [7, 11) is -3.71. The van der Waals surface area contributed by atoms with Crippen LogP contribution in [-0.4, -0.2) is 18.4 Å². The Bertz CT molecular complexity index is 727. The molecule has 2 aromatic heterocycles. The first kappa shape index (κ1) is 14.2. The minimum atomic E-state index is -3.71. The number of rotatable bonds is 3. The number of nitrogen functional groups attached to an aromatic ring is 1. The van der Waals surface area contributed by atoms with Crippen molar-refractivity contribution in [2.45, 2.75) is 18.1 Å². The molecular formula is C10H11BrN4O2S2. The van der Waals surface area contributed by atoms with Gasteiger partial charge in [-0.3, -0.25) is 4.72 Å². The molecule has 102 valence electrons. The topological polar surface area (TPSA) is 98.0 Å². The molecule has 3 N–H and O–H groups in total. The minimum absolute atomic E-state index is 0.106. The van der Waals surface area contributed by atoms with Gasteiger partial charge in [-0.2, -0.15) is 0 Å². The van der Waals surface area contributed by atoms with Crippen molar-refractivity contribution in [2.75, 3.05) is 10.5 Å². The lowest BCUT2D eigenvalue weighted by molar-refractivity contribution is 0.602. The number of nitrogens with zero attached hydrogens (tertiary/aromatic N) is 2. The molecule has 0 saturated heterocycles. The van der Waals surface area contributed by atoms with Crippen LogP contribution in [-0.2, 0) is 10.0 Å². The van der Waals surface area contributed by atoms with E-state index in [0.717, 1.165) is 15.8 Å². The van der Waals surface area contributed by atoms with Gasteiger partial charge in [0.2, 0.25) is 0 Å². The molecule has 6 nitrogen and oxygen atoms in total. The molecular weight excluding hydrogens is 352 g/mol. The van der Waals surface area contributed by atoms with Crippen LogP contribution in [0.3, 0.4) is 0 Å². The molecule has 9 heteroatoms. The second kappa shape index (κ2) is 5.06. The molecule has 2 rings (SSSR count). The van der Waals surface area contributed by atoms with Gasteiger partial charge in [0.25, 0.3) is 10.0 Å². The predicted octanol–water partition coefficient (Wildman–Crippen LogP) is 2.30. The fourth-order valence-corrected chi connectivity index (χ4v) is 4.30. The summed E-state index contributed by atoms with van der Waals surface area (Å²) in [5, 5.41) is 0.221. The molecule has 0 saturated carbocycles. The number of aryl methyl sites for hydroxylation is 2. The fraction of sp³-hybridized carbons (Fsp3) is 0.200. The summed E-state index contributed by atoms with van der Waals surface area (Å²) in [6.07, 6.45) is 1.53. The molecule has 0 amide bonds. The SMILES string of the molecule is Cc1cc(Br)cnc1NS(=O)(=O)c1sc(N)nc1C. The maximum absolute atomic E-state index is 12.2. The summed E-state index contributed by atoms with van der Waals surface area (Å²) >= 11 is 4.20. The Morgan fingerprint density at radius 3 is 2.63 bits per heavy atom. The van der Waals surface area contributed by atoms with Gasteiger partial charge in [0.1, 0.15) is 5.82 Å². The van der Waals surface area contributed by atoms with E-state index in [1.165, 1.54) is 6.20 Å². The van der Waals surface area contributed by atoms with Crippen molar-refractivity contribution < 1.29 is 8.42 Å². The van der Waals surface area contributed by atoms with Crippen molar-refractivity contribution in [3.63, 3.8) is 0 Å². The maximum Gasteiger partial charge on any atom is 0.274 e. The van der Waals surface area contributed by atoms with Crippen LogP contribution in [0, 0.1) is 13.8 Å². The maximum atomic E-state index is 12.2. The fourth-order valence-electron chi connectivity index (χ4n) is 1.47. The Hall–Kier alpha value is -1.19. The number of sulfonamides is 1. The smallest absolute Gasteiger partial charge is 0.274 e. The van der Waals surface area contributed by atoms with Gasteiger partial charge in [-0.1, -0.05) is 11.3 Å². The number of pyridine rings is 1. The predicted molar refractivity (Wildman–Crippen MR) is 78.7 cm³/mol. The van der Waals surface area contributed by atoms with E-state index in [1.807, 2.05) is 0 Å². The molecule has 0 aliphatic carbocycles. The van der Waals surface area contributed by atoms with Gasteiger partial charge >= 0.3 is 0 Å². The van der Waals surface area contributed by atoms with Crippen molar-refractivity contribution >= 4 is 48.2 Å². The summed E-state index contributed by atoms with van der Waals surface area (Å²) in [5.74, 6) is 0.287. The third kappa shape index (κ3) is 3.04. The third-order valence-electron chi connectivity index (χ3n) is 2.29. The number of hydrogen-bond acceptors (Lipinski definition) is 6. The van der Waals surface area contributed by atoms with Gasteiger partial charge < -0.3 is 5.73 Å². The average molecular weight is 363 g/mol. The van der Waals surface area contributed by atoms with Gasteiger partial charge in [0, 0.05) is 10.7 Å². The first-order chi connectivity index (χ1) is 8.79. The van der Waals surface area contributed by atoms with Gasteiger partial charge in [-0.25, -0.2) is 18.4 Å². The van der Waals surface area contributed by atoms with Crippen LogP contribution in [0.1, 0.15) is 11.3 Å². The van der Waals surface area contributed by atoms with E-state index >= 15 is 0 Å². The van der Waals surface area contributed by atoms with Crippen molar-refractivity contribution in [2.24, 2.45) is 0 Å². The van der Waals surface area contributed by atoms with Crippen molar-refractivity contribution in [1.29, 1.82) is 0 Å². The number of nitrogens with two attached hydrogens (primary N) is 1. The summed E-state index contributed by atoms with van der Waals surface area (Å²) in [6, 6.07) is 1.78. The number of anilines is 2. The highest BCUT2D eigenvalue weighted by Gasteiger charge is 2.22. The van der Waals surface area contributed by atoms with Crippen LogP contribution < -0.4 is 10.5 Å². The second-order valence-corrected chi connectivity index (χ2v) is 7.67. The van der Waals surface area contributed by atoms with E-state index in [9.17, 15) is 8.42 Å². The first-order valence-electron chi connectivity index (χ1n) is 5.17. The van der Waals surface area contributed by atoms with Crippen LogP contribution in [0.25, 0.3) is 0 Å². The molecule has 0 bridgehead atoms. The second-order valence-electron chi connectivity index (χ2n) is 3.85. The summed E-state index contributed by atoms with van der Waals surface area (Å²) < 4.78 is 27.8. The molecule has 0 atom stereocenters. The van der Waals surface area contributed by atoms with Gasteiger partial charge in [0.15, 0.2) is 9.34 Å². The molecule has 0 aromatic carbocycles. The quantitative estimate of drug-likeness (QED) is 0.872. The summed E-state index contributed by atoms with van der Waals surface area (Å²) in [4.78, 5) is 7.95. The van der Waals surface area contributed by atoms with Crippen LogP contribution >= 0.6 is 27.3 Å². The molecule has 0 aliphatic heterocycles. The molecule has 19 heavy (non-hydrogen) atoms. The Morgan fingerprint density at radius 1 is 1.42 bits per heavy atom. The molecule has 2 heterocycles. The largest absolute Gasteiger partial charge is 0.375 e. The Labute approximate surface area is 123 Å². The van der Waals surface area contributed by atoms with Gasteiger partial charge in [-0.15, -0.1) is 0 Å². The van der Waals surface area contributed by atoms with E-state index in [4.69, 9.17) is 5.73 Å². The Morgan fingerprint density at radius 2 is 2.11 bits per heavy atom. The average Bonchev–Trinajstić information content (AvgIpc) is 2.63. The number of halogens is 1. The molecule has 0 radical (unpaired) electrons. The van der Waals surface area contributed by atoms with E-state index < -0.39 is 10.0 Å². The van der Waals surface area contributed by atoms with Crippen molar-refractivity contribution in [1.82, 2.24) is 9.97 Å². The number of aromatic nitrogens is 2. The highest BCUT2D eigenvalue weighted by Crippen LogP contribution is 2.27. The standard InChI is InChI=1S/C10H11BrN4O2S2/c1-5-3-7(11)4-13-8(5)15-19(16,17)9-6(2)14-10(12)18-9/h3-4H,1-2H3,(H2,12,14)(H,13,15). The van der Waals surface area contributed by atoms with Crippen molar-refractivity contribution in [3.8, 4) is 0 Å². The van der Waals surface area contributed by atoms with Crippen LogP contribution in [0.4, 0.5) is 10.9 Å². The van der Waals surface area contributed by atoms with E-state index in [1.54, 1.807) is 19.9 Å². The van der Waals surface area contributed by atoms with Crippen molar-refractivity contribution in [3.05, 3.63) is 28.0 Å². The minimum Gasteiger partial charge on any atom is -0.375 e. The molecule has 2 aromatic rings. The van der Waals surface area contributed by atoms with Crippen LogP contribution in [0.15, 0.2) is 20.9 Å². The van der Waals surface area contributed by atoms with Crippen LogP contribution in [0.5, 0.6) is 0 Å². The molecule has 0 spiro atoms. The van der Waals surface area contributed by atoms with E-state index in [2.05, 4.69) is 30.6 Å². The lowest BCUT2D eigenvalue weighted by Crippen LogP contribution is -2.14. The zero-order valence-electron chi connectivity index (χ0n) is 10.1. The Balaban J connectivity index is 2.39. The number of nitrogens with one attached hydrogen (secondary N) is 1. The molecule has 0 fully saturated rings. The lowest BCUT2D eigenvalue weighted by Gasteiger charge is -2.08. The highest BCUT2D eigenvalue weighted by atomic mass is 79.9. The van der Waals surface area contributed by atoms with E-state index in [-0.39, 0.29) is 15.2 Å².